The second-order valence-corrected chi connectivity index (χ2v) is 3.91. The van der Waals surface area contributed by atoms with Gasteiger partial charge in [-0.15, -0.1) is 0 Å². The van der Waals surface area contributed by atoms with Crippen LogP contribution < -0.4 is 5.32 Å². The Kier molecular flexibility index (Phi) is 5.10. The van der Waals surface area contributed by atoms with E-state index in [0.29, 0.717) is 18.7 Å². The van der Waals surface area contributed by atoms with E-state index in [4.69, 9.17) is 4.74 Å². The van der Waals surface area contributed by atoms with Crippen molar-refractivity contribution >= 4 is 5.91 Å². The summed E-state index contributed by atoms with van der Waals surface area (Å²) in [5, 5.41) is 2.65. The molecule has 94 valence electrons. The molecule has 3 nitrogen and oxygen atoms in total. The Morgan fingerprint density at radius 2 is 2.24 bits per heavy atom. The summed E-state index contributed by atoms with van der Waals surface area (Å²) >= 11 is 0. The second-order valence-electron chi connectivity index (χ2n) is 3.91. The standard InChI is InChI=1S/C13H18FNO2/c1-4-17-10(3)8-15-13(16)11-7-5-6-9(2)12(11)14/h5-7,10H,4,8H2,1-3H3,(H,15,16). The molecule has 1 rings (SSSR count). The molecule has 0 spiro atoms. The van der Waals surface area contributed by atoms with Gasteiger partial charge >= 0.3 is 0 Å². The van der Waals surface area contributed by atoms with Crippen LogP contribution in [0.5, 0.6) is 0 Å². The molecule has 0 saturated heterocycles. The van der Waals surface area contributed by atoms with Gasteiger partial charge in [-0.2, -0.15) is 0 Å². The van der Waals surface area contributed by atoms with Crippen LogP contribution in [0.1, 0.15) is 29.8 Å². The van der Waals surface area contributed by atoms with Gasteiger partial charge in [0.15, 0.2) is 0 Å². The molecule has 1 amide bonds. The number of aryl methyl sites for hydroxylation is 1. The van der Waals surface area contributed by atoms with E-state index >= 15 is 0 Å². The van der Waals surface area contributed by atoms with Crippen LogP contribution >= 0.6 is 0 Å². The fourth-order valence-electron chi connectivity index (χ4n) is 1.50. The Balaban J connectivity index is 2.61. The molecule has 0 fully saturated rings. The zero-order valence-electron chi connectivity index (χ0n) is 10.4. The molecule has 1 atom stereocenters. The van der Waals surface area contributed by atoms with Gasteiger partial charge in [0, 0.05) is 13.2 Å². The van der Waals surface area contributed by atoms with E-state index in [0.717, 1.165) is 0 Å². The van der Waals surface area contributed by atoms with Crippen LogP contribution in [0.4, 0.5) is 4.39 Å². The van der Waals surface area contributed by atoms with E-state index in [1.807, 2.05) is 13.8 Å². The minimum Gasteiger partial charge on any atom is -0.377 e. The van der Waals surface area contributed by atoms with Gasteiger partial charge in [-0.25, -0.2) is 4.39 Å². The second kappa shape index (κ2) is 6.35. The van der Waals surface area contributed by atoms with Crippen molar-refractivity contribution in [2.24, 2.45) is 0 Å². The molecule has 0 heterocycles. The lowest BCUT2D eigenvalue weighted by Gasteiger charge is -2.13. The summed E-state index contributed by atoms with van der Waals surface area (Å²) in [6.07, 6.45) is -0.0724. The number of halogens is 1. The van der Waals surface area contributed by atoms with Crippen LogP contribution in [0.2, 0.25) is 0 Å². The predicted molar refractivity (Wildman–Crippen MR) is 64.6 cm³/mol. The average molecular weight is 239 g/mol. The molecule has 1 aromatic rings. The lowest BCUT2D eigenvalue weighted by atomic mass is 10.1. The molecule has 0 bridgehead atoms. The summed E-state index contributed by atoms with van der Waals surface area (Å²) in [6.45, 7) is 6.35. The summed E-state index contributed by atoms with van der Waals surface area (Å²) in [4.78, 5) is 11.7. The lowest BCUT2D eigenvalue weighted by molar-refractivity contribution is 0.0693. The largest absolute Gasteiger partial charge is 0.377 e. The van der Waals surface area contributed by atoms with Crippen LogP contribution in [0.25, 0.3) is 0 Å². The molecular formula is C13H18FNO2. The number of hydrogen-bond acceptors (Lipinski definition) is 2. The highest BCUT2D eigenvalue weighted by molar-refractivity contribution is 5.94. The van der Waals surface area contributed by atoms with E-state index in [1.165, 1.54) is 6.07 Å². The maximum Gasteiger partial charge on any atom is 0.254 e. The monoisotopic (exact) mass is 239 g/mol. The summed E-state index contributed by atoms with van der Waals surface area (Å²) in [5.74, 6) is -0.869. The van der Waals surface area contributed by atoms with E-state index in [-0.39, 0.29) is 11.7 Å². The molecule has 0 saturated carbocycles. The number of carbonyl (C=O) groups excluding carboxylic acids is 1. The molecule has 1 unspecified atom stereocenters. The number of benzene rings is 1. The van der Waals surface area contributed by atoms with Crippen LogP contribution in [0, 0.1) is 12.7 Å². The molecule has 1 aromatic carbocycles. The first kappa shape index (κ1) is 13.6. The molecule has 17 heavy (non-hydrogen) atoms. The normalized spacial score (nSPS) is 12.2. The smallest absolute Gasteiger partial charge is 0.254 e. The van der Waals surface area contributed by atoms with Crippen LogP contribution in [0.15, 0.2) is 18.2 Å². The summed E-state index contributed by atoms with van der Waals surface area (Å²) < 4.78 is 18.9. The maximum absolute atomic E-state index is 13.6. The molecule has 1 N–H and O–H groups in total. The summed E-state index contributed by atoms with van der Waals surface area (Å²) in [7, 11) is 0. The van der Waals surface area contributed by atoms with E-state index in [9.17, 15) is 9.18 Å². The number of nitrogens with one attached hydrogen (secondary N) is 1. The molecule has 0 aromatic heterocycles. The number of ether oxygens (including phenoxy) is 1. The predicted octanol–water partition coefficient (Wildman–Crippen LogP) is 2.29. The van der Waals surface area contributed by atoms with E-state index in [2.05, 4.69) is 5.32 Å². The zero-order valence-corrected chi connectivity index (χ0v) is 10.4. The minimum atomic E-state index is -0.464. The number of amides is 1. The van der Waals surface area contributed by atoms with Gasteiger partial charge in [0.1, 0.15) is 5.82 Å². The van der Waals surface area contributed by atoms with E-state index in [1.54, 1.807) is 19.1 Å². The van der Waals surface area contributed by atoms with Crippen molar-refractivity contribution in [1.29, 1.82) is 0 Å². The van der Waals surface area contributed by atoms with Crippen molar-refractivity contribution in [3.05, 3.63) is 35.1 Å². The minimum absolute atomic E-state index is 0.0724. The Morgan fingerprint density at radius 1 is 1.53 bits per heavy atom. The van der Waals surface area contributed by atoms with Crippen molar-refractivity contribution < 1.29 is 13.9 Å². The van der Waals surface area contributed by atoms with Crippen molar-refractivity contribution in [1.82, 2.24) is 5.32 Å². The Bertz CT molecular complexity index is 393. The molecule has 0 aliphatic carbocycles. The van der Waals surface area contributed by atoms with Crippen LogP contribution in [0.3, 0.4) is 0 Å². The van der Waals surface area contributed by atoms with Gasteiger partial charge < -0.3 is 10.1 Å². The van der Waals surface area contributed by atoms with Gasteiger partial charge in [-0.1, -0.05) is 12.1 Å². The van der Waals surface area contributed by atoms with E-state index < -0.39 is 11.7 Å². The SMILES string of the molecule is CCOC(C)CNC(=O)c1cccc(C)c1F. The summed E-state index contributed by atoms with van der Waals surface area (Å²) in [6, 6.07) is 4.78. The Morgan fingerprint density at radius 3 is 2.88 bits per heavy atom. The molecule has 0 aliphatic rings. The van der Waals surface area contributed by atoms with Gasteiger partial charge in [-0.3, -0.25) is 4.79 Å². The highest BCUT2D eigenvalue weighted by Crippen LogP contribution is 2.11. The van der Waals surface area contributed by atoms with Gasteiger partial charge in [-0.05, 0) is 32.4 Å². The first-order valence-electron chi connectivity index (χ1n) is 5.71. The van der Waals surface area contributed by atoms with Crippen molar-refractivity contribution in [2.45, 2.75) is 26.9 Å². The number of carbonyl (C=O) groups is 1. The average Bonchev–Trinajstić information content (AvgIpc) is 2.30. The highest BCUT2D eigenvalue weighted by Gasteiger charge is 2.13. The maximum atomic E-state index is 13.6. The van der Waals surface area contributed by atoms with Gasteiger partial charge in [0.25, 0.3) is 5.91 Å². The topological polar surface area (TPSA) is 38.3 Å². The highest BCUT2D eigenvalue weighted by atomic mass is 19.1. The third-order valence-electron chi connectivity index (χ3n) is 2.44. The van der Waals surface area contributed by atoms with Gasteiger partial charge in [0.2, 0.25) is 0 Å². The Hall–Kier alpha value is -1.42. The Labute approximate surface area is 101 Å². The van der Waals surface area contributed by atoms with Crippen LogP contribution in [-0.2, 0) is 4.74 Å². The molecule has 0 aliphatic heterocycles. The fraction of sp³-hybridized carbons (Fsp3) is 0.462. The zero-order chi connectivity index (χ0) is 12.8. The molecule has 0 radical (unpaired) electrons. The quantitative estimate of drug-likeness (QED) is 0.856. The first-order chi connectivity index (χ1) is 8.06. The van der Waals surface area contributed by atoms with Crippen molar-refractivity contribution in [2.75, 3.05) is 13.2 Å². The van der Waals surface area contributed by atoms with Crippen LogP contribution in [-0.4, -0.2) is 25.2 Å². The summed E-state index contributed by atoms with van der Waals surface area (Å²) in [5.41, 5.74) is 0.546. The van der Waals surface area contributed by atoms with Crippen molar-refractivity contribution in [3.63, 3.8) is 0 Å². The molecule has 4 heteroatoms. The van der Waals surface area contributed by atoms with Gasteiger partial charge in [0.05, 0.1) is 11.7 Å². The number of rotatable bonds is 5. The third kappa shape index (κ3) is 3.82. The molecular weight excluding hydrogens is 221 g/mol. The first-order valence-corrected chi connectivity index (χ1v) is 5.71. The van der Waals surface area contributed by atoms with Crippen molar-refractivity contribution in [3.8, 4) is 0 Å². The lowest BCUT2D eigenvalue weighted by Crippen LogP contribution is -2.32. The fourth-order valence-corrected chi connectivity index (χ4v) is 1.50. The third-order valence-corrected chi connectivity index (χ3v) is 2.44. The number of hydrogen-bond donors (Lipinski definition) is 1.